The van der Waals surface area contributed by atoms with Gasteiger partial charge in [-0.25, -0.2) is 19.6 Å². The van der Waals surface area contributed by atoms with E-state index in [0.717, 1.165) is 16.2 Å². The van der Waals surface area contributed by atoms with E-state index >= 15 is 0 Å². The molecule has 5 rings (SSSR count). The topological polar surface area (TPSA) is 212 Å². The van der Waals surface area contributed by atoms with E-state index < -0.39 is 41.0 Å². The van der Waals surface area contributed by atoms with Crippen molar-refractivity contribution in [2.75, 3.05) is 24.3 Å². The largest absolute Gasteiger partial charge is 0.477 e. The lowest BCUT2D eigenvalue weighted by molar-refractivity contribution is -0.150. The minimum atomic E-state index is -1.30. The molecule has 0 saturated carbocycles. The molecule has 202 valence electrons. The number of ketones is 1. The van der Waals surface area contributed by atoms with Crippen molar-refractivity contribution in [3.63, 3.8) is 0 Å². The van der Waals surface area contributed by atoms with Crippen molar-refractivity contribution in [2.24, 2.45) is 0 Å². The van der Waals surface area contributed by atoms with Crippen molar-refractivity contribution >= 4 is 75.3 Å². The molecule has 4 N–H and O–H groups in total. The number of nitrogens with zero attached hydrogens (tertiary/aromatic N) is 6. The van der Waals surface area contributed by atoms with E-state index in [2.05, 4.69) is 30.1 Å². The normalized spacial score (nSPS) is 18.5. The van der Waals surface area contributed by atoms with Gasteiger partial charge in [-0.05, 0) is 18.6 Å². The Morgan fingerprint density at radius 3 is 2.72 bits per heavy atom. The number of carbonyl (C=O) groups excluding carboxylic acids is 4. The Balaban J connectivity index is 1.33. The second-order valence-electron chi connectivity index (χ2n) is 8.18. The molecule has 0 aliphatic carbocycles. The number of hydrogen-bond acceptors (Lipinski definition) is 14. The summed E-state index contributed by atoms with van der Waals surface area (Å²) in [7, 11) is 1.21. The first kappa shape index (κ1) is 26.6. The average Bonchev–Trinajstić information content (AvgIpc) is 3.54. The molecule has 2 atom stereocenters. The van der Waals surface area contributed by atoms with Gasteiger partial charge >= 0.3 is 11.9 Å². The monoisotopic (exact) mass is 590 g/mol. The molecule has 2 aliphatic heterocycles. The highest BCUT2D eigenvalue weighted by atomic mass is 32.2. The summed E-state index contributed by atoms with van der Waals surface area (Å²) in [6, 6.07) is 0.640. The maximum atomic E-state index is 12.9. The first-order chi connectivity index (χ1) is 18.6. The second kappa shape index (κ2) is 10.3. The van der Waals surface area contributed by atoms with Crippen molar-refractivity contribution in [3.05, 3.63) is 39.9 Å². The number of aliphatic carboxylic acids is 1. The third-order valence-corrected chi connectivity index (χ3v) is 8.76. The van der Waals surface area contributed by atoms with E-state index in [1.54, 1.807) is 13.0 Å². The predicted molar refractivity (Wildman–Crippen MR) is 138 cm³/mol. The number of esters is 1. The number of nitrogens with one attached hydrogen (secondary N) is 1. The number of β-lactam (4-membered cyclic amide) rings is 1. The lowest BCUT2D eigenvalue weighted by Crippen LogP contribution is -2.71. The minimum Gasteiger partial charge on any atom is -0.477 e. The van der Waals surface area contributed by atoms with Crippen LogP contribution in [0.5, 0.6) is 0 Å². The summed E-state index contributed by atoms with van der Waals surface area (Å²) in [6.07, 6.45) is 0. The number of fused-ring (bicyclic) bond motifs is 2. The summed E-state index contributed by atoms with van der Waals surface area (Å²) in [5.74, 6) is -4.21. The van der Waals surface area contributed by atoms with Gasteiger partial charge in [-0.2, -0.15) is 9.50 Å². The molecule has 1 fully saturated rings. The molecule has 5 heterocycles. The Bertz CT molecular complexity index is 1600. The molecule has 15 nitrogen and oxygen atoms in total. The first-order valence-electron chi connectivity index (χ1n) is 11.0. The fraction of sp³-hybridized carbons (Fsp3) is 0.286. The summed E-state index contributed by atoms with van der Waals surface area (Å²) >= 11 is 3.50. The molecule has 0 bridgehead atoms. The molecule has 0 spiro atoms. The molecule has 0 radical (unpaired) electrons. The molecule has 0 aromatic carbocycles. The molecule has 2 amide bonds. The third-order valence-electron chi connectivity index (χ3n) is 5.67. The average molecular weight is 591 g/mol. The minimum absolute atomic E-state index is 0.122. The van der Waals surface area contributed by atoms with Crippen molar-refractivity contribution in [1.82, 2.24) is 34.8 Å². The van der Waals surface area contributed by atoms with Crippen LogP contribution < -0.4 is 11.1 Å². The first-order valence-corrected chi connectivity index (χ1v) is 13.9. The van der Waals surface area contributed by atoms with Crippen LogP contribution in [0.3, 0.4) is 0 Å². The summed E-state index contributed by atoms with van der Waals surface area (Å²) in [4.78, 5) is 74.9. The summed E-state index contributed by atoms with van der Waals surface area (Å²) in [5.41, 5.74) is 6.26. The Labute approximate surface area is 231 Å². The van der Waals surface area contributed by atoms with Crippen LogP contribution in [0.4, 0.5) is 5.13 Å². The van der Waals surface area contributed by atoms with Crippen LogP contribution in [0, 0.1) is 6.92 Å². The van der Waals surface area contributed by atoms with Crippen LogP contribution in [-0.2, 0) is 19.1 Å². The number of nitrogen functional groups attached to an aromatic ring is 1. The molecular formula is C21H18N8O7S3. The van der Waals surface area contributed by atoms with Crippen LogP contribution in [-0.4, -0.2) is 94.1 Å². The van der Waals surface area contributed by atoms with Gasteiger partial charge in [-0.15, -0.1) is 40.0 Å². The number of aryl methyl sites for hydroxylation is 1. The van der Waals surface area contributed by atoms with Crippen LogP contribution >= 0.6 is 34.9 Å². The van der Waals surface area contributed by atoms with Crippen LogP contribution in [0.25, 0.3) is 5.78 Å². The smallest absolute Gasteiger partial charge is 0.378 e. The number of carbonyl (C=O) groups is 5. The fourth-order valence-electron chi connectivity index (χ4n) is 3.90. The Hall–Kier alpha value is -4.03. The van der Waals surface area contributed by atoms with Gasteiger partial charge < -0.3 is 20.9 Å². The molecule has 2 aliphatic rings. The zero-order chi connectivity index (χ0) is 28.0. The maximum Gasteiger partial charge on any atom is 0.378 e. The lowest BCUT2D eigenvalue weighted by Gasteiger charge is -2.49. The van der Waals surface area contributed by atoms with Crippen molar-refractivity contribution in [1.29, 1.82) is 0 Å². The highest BCUT2D eigenvalue weighted by Crippen LogP contribution is 2.41. The molecule has 0 unspecified atom stereocenters. The number of aromatic nitrogens is 5. The Morgan fingerprint density at radius 2 is 2.05 bits per heavy atom. The number of rotatable bonds is 8. The van der Waals surface area contributed by atoms with E-state index in [9.17, 15) is 29.1 Å². The third kappa shape index (κ3) is 4.81. The SMILES string of the molecule is COC(=O)c1nc2nc(C)cc(SCC3=C(C(=O)O)N4C(=O)[C@@H](NC(=O)C(=O)c5csc(N)n5)[C@H]4SC3)n2n1. The van der Waals surface area contributed by atoms with Gasteiger partial charge in [0.2, 0.25) is 0 Å². The molecule has 3 aromatic rings. The van der Waals surface area contributed by atoms with Gasteiger partial charge in [-0.3, -0.25) is 19.3 Å². The number of ether oxygens (including phenoxy) is 1. The zero-order valence-electron chi connectivity index (χ0n) is 20.1. The summed E-state index contributed by atoms with van der Waals surface area (Å²) < 4.78 is 6.02. The number of anilines is 1. The zero-order valence-corrected chi connectivity index (χ0v) is 22.6. The number of thioether (sulfide) groups is 2. The number of amides is 2. The van der Waals surface area contributed by atoms with E-state index in [1.807, 2.05) is 0 Å². The van der Waals surface area contributed by atoms with Gasteiger partial charge in [-0.1, -0.05) is 0 Å². The molecule has 18 heteroatoms. The van der Waals surface area contributed by atoms with Crippen molar-refractivity contribution in [2.45, 2.75) is 23.4 Å². The highest BCUT2D eigenvalue weighted by Gasteiger charge is 2.54. The number of nitrogens with two attached hydrogens (primary N) is 1. The molecular weight excluding hydrogens is 572 g/mol. The molecule has 39 heavy (non-hydrogen) atoms. The fourth-order valence-corrected chi connectivity index (χ4v) is 6.98. The van der Waals surface area contributed by atoms with Gasteiger partial charge in [0.05, 0.1) is 7.11 Å². The number of methoxy groups -OCH3 is 1. The maximum absolute atomic E-state index is 12.9. The second-order valence-corrected chi connectivity index (χ2v) is 11.2. The predicted octanol–water partition coefficient (Wildman–Crippen LogP) is -0.0284. The van der Waals surface area contributed by atoms with Crippen LogP contribution in [0.15, 0.2) is 27.7 Å². The van der Waals surface area contributed by atoms with Gasteiger partial charge in [0, 0.05) is 22.6 Å². The van der Waals surface area contributed by atoms with Gasteiger partial charge in [0.15, 0.2) is 5.13 Å². The highest BCUT2D eigenvalue weighted by molar-refractivity contribution is 8.01. The van der Waals surface area contributed by atoms with Crippen LogP contribution in [0.2, 0.25) is 0 Å². The van der Waals surface area contributed by atoms with Crippen molar-refractivity contribution < 1.29 is 33.8 Å². The number of Topliss-reactive ketones (excluding diaryl/α,β-unsaturated/α-hetero) is 1. The molecule has 1 saturated heterocycles. The van der Waals surface area contributed by atoms with E-state index in [4.69, 9.17) is 5.73 Å². The van der Waals surface area contributed by atoms with E-state index in [0.29, 0.717) is 16.3 Å². The Kier molecular flexibility index (Phi) is 7.00. The van der Waals surface area contributed by atoms with Crippen molar-refractivity contribution in [3.8, 4) is 0 Å². The standard InChI is InChI=1S/C21H18N8O7S3/c1-7-3-10(29-21(23-7)26-14(27-29)19(35)36-2)37-4-8-5-38-17-11(16(32)28(17)12(8)18(33)34)25-15(31)13(30)9-6-39-20(22)24-9/h3,6,11,17H,4-5H2,1-2H3,(H2,22,24)(H,25,31)(H,33,34)/t11-,17-/m1/s1. The quantitative estimate of drug-likeness (QED) is 0.0785. The lowest BCUT2D eigenvalue weighted by atomic mass is 10.0. The summed E-state index contributed by atoms with van der Waals surface area (Å²) in [6.45, 7) is 1.74. The number of hydrogen-bond donors (Lipinski definition) is 3. The van der Waals surface area contributed by atoms with Gasteiger partial charge in [0.25, 0.3) is 29.2 Å². The number of carboxylic acids is 1. The molecule has 3 aromatic heterocycles. The number of thiazole rings is 1. The van der Waals surface area contributed by atoms with E-state index in [1.165, 1.54) is 40.5 Å². The number of carboxylic acid groups (broad SMARTS) is 1. The van der Waals surface area contributed by atoms with Gasteiger partial charge in [0.1, 0.15) is 27.8 Å². The van der Waals surface area contributed by atoms with E-state index in [-0.39, 0.29) is 39.6 Å². The Morgan fingerprint density at radius 1 is 1.28 bits per heavy atom. The summed E-state index contributed by atoms with van der Waals surface area (Å²) in [5, 5.41) is 17.8. The van der Waals surface area contributed by atoms with Crippen LogP contribution in [0.1, 0.15) is 26.8 Å².